The van der Waals surface area contributed by atoms with Crippen molar-refractivity contribution in [2.75, 3.05) is 5.32 Å². The molecule has 1 aromatic heterocycles. The van der Waals surface area contributed by atoms with Gasteiger partial charge in [-0.2, -0.15) is 10.5 Å². The van der Waals surface area contributed by atoms with Crippen LogP contribution >= 0.6 is 27.3 Å². The van der Waals surface area contributed by atoms with Crippen molar-refractivity contribution in [3.05, 3.63) is 50.1 Å². The quantitative estimate of drug-likeness (QED) is 0.934. The van der Waals surface area contributed by atoms with Crippen LogP contribution in [0.15, 0.2) is 34.8 Å². The number of nitrogens with zero attached hydrogens (tertiary/aromatic N) is 2. The van der Waals surface area contributed by atoms with Crippen LogP contribution in [-0.4, -0.2) is 0 Å². The molecule has 5 heteroatoms. The molecule has 0 radical (unpaired) electrons. The van der Waals surface area contributed by atoms with Gasteiger partial charge in [0.25, 0.3) is 0 Å². The highest BCUT2D eigenvalue weighted by atomic mass is 79.9. The smallest absolute Gasteiger partial charge is 0.110 e. The third kappa shape index (κ3) is 2.89. The van der Waals surface area contributed by atoms with Gasteiger partial charge < -0.3 is 5.32 Å². The van der Waals surface area contributed by atoms with Crippen molar-refractivity contribution in [3.63, 3.8) is 0 Å². The van der Waals surface area contributed by atoms with E-state index < -0.39 is 0 Å². The van der Waals surface area contributed by atoms with Gasteiger partial charge in [0.1, 0.15) is 10.9 Å². The van der Waals surface area contributed by atoms with Gasteiger partial charge >= 0.3 is 0 Å². The van der Waals surface area contributed by atoms with Crippen molar-refractivity contribution in [1.82, 2.24) is 0 Å². The maximum atomic E-state index is 8.77. The minimum absolute atomic E-state index is 0.621. The number of anilines is 1. The molecule has 0 aliphatic rings. The van der Waals surface area contributed by atoms with Gasteiger partial charge in [-0.1, -0.05) is 0 Å². The summed E-state index contributed by atoms with van der Waals surface area (Å²) >= 11 is 4.89. The molecule has 18 heavy (non-hydrogen) atoms. The highest BCUT2D eigenvalue weighted by Crippen LogP contribution is 2.25. The topological polar surface area (TPSA) is 59.6 Å². The summed E-state index contributed by atoms with van der Waals surface area (Å²) < 4.78 is 0.860. The van der Waals surface area contributed by atoms with E-state index in [2.05, 4.69) is 33.4 Å². The number of rotatable bonds is 3. The van der Waals surface area contributed by atoms with E-state index in [1.807, 2.05) is 18.2 Å². The maximum absolute atomic E-state index is 8.77. The Balaban J connectivity index is 2.07. The van der Waals surface area contributed by atoms with Gasteiger partial charge in [0.2, 0.25) is 0 Å². The van der Waals surface area contributed by atoms with Crippen LogP contribution in [0.25, 0.3) is 0 Å². The van der Waals surface area contributed by atoms with E-state index in [1.165, 1.54) is 11.3 Å². The predicted octanol–water partition coefficient (Wildman–Crippen LogP) is 3.87. The summed E-state index contributed by atoms with van der Waals surface area (Å²) in [6.45, 7) is 0.664. The van der Waals surface area contributed by atoms with E-state index in [-0.39, 0.29) is 0 Å². The molecule has 0 saturated heterocycles. The third-order valence-electron chi connectivity index (χ3n) is 2.32. The molecule has 2 rings (SSSR count). The van der Waals surface area contributed by atoms with Crippen LogP contribution in [-0.2, 0) is 6.54 Å². The highest BCUT2D eigenvalue weighted by molar-refractivity contribution is 9.10. The SMILES string of the molecule is N#Cc1ccc(NCc2ccc(C#N)s2)c(Br)c1. The molecule has 0 spiro atoms. The lowest BCUT2D eigenvalue weighted by atomic mass is 10.2. The molecule has 0 aliphatic heterocycles. The lowest BCUT2D eigenvalue weighted by Gasteiger charge is -2.07. The highest BCUT2D eigenvalue weighted by Gasteiger charge is 2.03. The van der Waals surface area contributed by atoms with Gasteiger partial charge in [0.15, 0.2) is 0 Å². The predicted molar refractivity (Wildman–Crippen MR) is 75.2 cm³/mol. The number of hydrogen-bond donors (Lipinski definition) is 1. The fourth-order valence-electron chi connectivity index (χ4n) is 1.44. The van der Waals surface area contributed by atoms with Gasteiger partial charge in [-0.15, -0.1) is 11.3 Å². The molecule has 0 atom stereocenters. The standard InChI is InChI=1S/C13H8BrN3S/c14-12-5-9(6-15)1-4-13(12)17-8-11-3-2-10(7-16)18-11/h1-5,17H,8H2. The lowest BCUT2D eigenvalue weighted by Crippen LogP contribution is -1.98. The van der Waals surface area contributed by atoms with Crippen molar-refractivity contribution in [3.8, 4) is 12.1 Å². The van der Waals surface area contributed by atoms with Gasteiger partial charge in [0, 0.05) is 21.6 Å². The zero-order chi connectivity index (χ0) is 13.0. The first kappa shape index (κ1) is 12.6. The zero-order valence-corrected chi connectivity index (χ0v) is 11.7. The Morgan fingerprint density at radius 1 is 1.17 bits per heavy atom. The maximum Gasteiger partial charge on any atom is 0.110 e. The first-order valence-electron chi connectivity index (χ1n) is 5.15. The molecule has 0 fully saturated rings. The van der Waals surface area contributed by atoms with Gasteiger partial charge in [-0.25, -0.2) is 0 Å². The largest absolute Gasteiger partial charge is 0.379 e. The lowest BCUT2D eigenvalue weighted by molar-refractivity contribution is 1.19. The van der Waals surface area contributed by atoms with Crippen molar-refractivity contribution in [1.29, 1.82) is 10.5 Å². The summed E-state index contributed by atoms with van der Waals surface area (Å²) in [5, 5.41) is 20.8. The zero-order valence-electron chi connectivity index (χ0n) is 9.27. The fourth-order valence-corrected chi connectivity index (χ4v) is 2.71. The molecule has 0 amide bonds. The number of nitriles is 2. The summed E-state index contributed by atoms with van der Waals surface area (Å²) in [5.74, 6) is 0. The van der Waals surface area contributed by atoms with Crippen LogP contribution in [0.2, 0.25) is 0 Å². The van der Waals surface area contributed by atoms with Crippen LogP contribution < -0.4 is 5.32 Å². The Morgan fingerprint density at radius 2 is 2.00 bits per heavy atom. The molecule has 88 valence electrons. The minimum Gasteiger partial charge on any atom is -0.379 e. The molecule has 3 nitrogen and oxygen atoms in total. The molecule has 1 aromatic carbocycles. The first-order chi connectivity index (χ1) is 8.72. The van der Waals surface area contributed by atoms with E-state index in [1.54, 1.807) is 12.1 Å². The van der Waals surface area contributed by atoms with E-state index in [0.717, 1.165) is 15.0 Å². The average molecular weight is 318 g/mol. The Kier molecular flexibility index (Phi) is 3.99. The number of halogens is 1. The van der Waals surface area contributed by atoms with E-state index in [4.69, 9.17) is 10.5 Å². The van der Waals surface area contributed by atoms with Gasteiger partial charge in [-0.05, 0) is 46.3 Å². The summed E-state index contributed by atoms with van der Waals surface area (Å²) in [5.41, 5.74) is 1.55. The monoisotopic (exact) mass is 317 g/mol. The second-order valence-corrected chi connectivity index (χ2v) is 5.56. The molecular formula is C13H8BrN3S. The number of benzene rings is 1. The second kappa shape index (κ2) is 5.68. The summed E-state index contributed by atoms with van der Waals surface area (Å²) in [6, 6.07) is 13.4. The van der Waals surface area contributed by atoms with Crippen molar-refractivity contribution in [2.24, 2.45) is 0 Å². The first-order valence-corrected chi connectivity index (χ1v) is 6.76. The molecule has 0 aliphatic carbocycles. The van der Waals surface area contributed by atoms with Crippen molar-refractivity contribution in [2.45, 2.75) is 6.54 Å². The Morgan fingerprint density at radius 3 is 2.61 bits per heavy atom. The summed E-state index contributed by atoms with van der Waals surface area (Å²) in [6.07, 6.45) is 0. The second-order valence-electron chi connectivity index (χ2n) is 3.54. The van der Waals surface area contributed by atoms with Crippen LogP contribution in [0.1, 0.15) is 15.3 Å². The Labute approximate surface area is 117 Å². The normalized spacial score (nSPS) is 9.50. The molecule has 0 bridgehead atoms. The van der Waals surface area contributed by atoms with E-state index in [9.17, 15) is 0 Å². The Hall–Kier alpha value is -1.82. The average Bonchev–Trinajstić information content (AvgIpc) is 2.85. The molecule has 1 N–H and O–H groups in total. The third-order valence-corrected chi connectivity index (χ3v) is 3.97. The van der Waals surface area contributed by atoms with Crippen LogP contribution in [0, 0.1) is 22.7 Å². The van der Waals surface area contributed by atoms with E-state index >= 15 is 0 Å². The summed E-state index contributed by atoms with van der Waals surface area (Å²) in [7, 11) is 0. The van der Waals surface area contributed by atoms with Gasteiger partial charge in [-0.3, -0.25) is 0 Å². The van der Waals surface area contributed by atoms with E-state index in [0.29, 0.717) is 17.0 Å². The van der Waals surface area contributed by atoms with Crippen LogP contribution in [0.4, 0.5) is 5.69 Å². The molecule has 1 heterocycles. The number of nitrogens with one attached hydrogen (secondary N) is 1. The molecule has 2 aromatic rings. The number of hydrogen-bond acceptors (Lipinski definition) is 4. The van der Waals surface area contributed by atoms with Crippen LogP contribution in [0.3, 0.4) is 0 Å². The number of thiophene rings is 1. The molecule has 0 saturated carbocycles. The van der Waals surface area contributed by atoms with Crippen molar-refractivity contribution >= 4 is 33.0 Å². The minimum atomic E-state index is 0.621. The molecular weight excluding hydrogens is 310 g/mol. The van der Waals surface area contributed by atoms with Gasteiger partial charge in [0.05, 0.1) is 11.6 Å². The summed E-state index contributed by atoms with van der Waals surface area (Å²) in [4.78, 5) is 1.81. The van der Waals surface area contributed by atoms with Crippen molar-refractivity contribution < 1.29 is 0 Å². The fraction of sp³-hybridized carbons (Fsp3) is 0.0769. The molecule has 0 unspecified atom stereocenters. The Bertz CT molecular complexity index is 649. The van der Waals surface area contributed by atoms with Crippen LogP contribution in [0.5, 0.6) is 0 Å².